The Labute approximate surface area is 144 Å². The number of hydrogen-bond acceptors (Lipinski definition) is 6. The van der Waals surface area contributed by atoms with Crippen molar-refractivity contribution in [1.82, 2.24) is 10.7 Å². The van der Waals surface area contributed by atoms with Gasteiger partial charge in [0, 0.05) is 0 Å². The highest BCUT2D eigenvalue weighted by Crippen LogP contribution is 2.36. The van der Waals surface area contributed by atoms with Crippen molar-refractivity contribution < 1.29 is 23.5 Å². The Balaban J connectivity index is 5.12. The van der Waals surface area contributed by atoms with Crippen molar-refractivity contribution in [2.24, 2.45) is 5.84 Å². The highest BCUT2D eigenvalue weighted by molar-refractivity contribution is 6.74. The average Bonchev–Trinajstić information content (AvgIpc) is 2.38. The number of ketones is 1. The van der Waals surface area contributed by atoms with Gasteiger partial charge in [0.1, 0.15) is 11.6 Å². The highest BCUT2D eigenvalue weighted by Gasteiger charge is 2.39. The zero-order valence-corrected chi connectivity index (χ0v) is 16.9. The number of nitrogens with two attached hydrogens (primary N) is 1. The fourth-order valence-electron chi connectivity index (χ4n) is 1.37. The number of carbonyl (C=O) groups excluding carboxylic acids is 3. The molecule has 4 N–H and O–H groups in total. The molecule has 0 bridgehead atoms. The highest BCUT2D eigenvalue weighted by atomic mass is 28.4. The maximum Gasteiger partial charge on any atom is 0.408 e. The minimum atomic E-state index is -2.16. The third-order valence-corrected chi connectivity index (χ3v) is 8.28. The monoisotopic (exact) mass is 361 g/mol. The second-order valence-corrected chi connectivity index (χ2v) is 12.9. The van der Waals surface area contributed by atoms with E-state index in [0.29, 0.717) is 0 Å². The van der Waals surface area contributed by atoms with Crippen LogP contribution in [0.25, 0.3) is 0 Å². The molecule has 140 valence electrons. The largest absolute Gasteiger partial charge is 0.444 e. The quantitative estimate of drug-likeness (QED) is 0.217. The molecule has 24 heavy (non-hydrogen) atoms. The van der Waals surface area contributed by atoms with E-state index in [-0.39, 0.29) is 11.6 Å². The number of rotatable bonds is 6. The fraction of sp³-hybridized carbons (Fsp3) is 0.800. The van der Waals surface area contributed by atoms with Gasteiger partial charge in [-0.2, -0.15) is 0 Å². The summed E-state index contributed by atoms with van der Waals surface area (Å²) in [4.78, 5) is 35.5. The maximum atomic E-state index is 12.1. The molecule has 0 heterocycles. The van der Waals surface area contributed by atoms with Crippen molar-refractivity contribution in [2.75, 3.05) is 6.61 Å². The van der Waals surface area contributed by atoms with Gasteiger partial charge in [0.15, 0.2) is 8.32 Å². The first-order valence-corrected chi connectivity index (χ1v) is 10.7. The first-order chi connectivity index (χ1) is 10.6. The van der Waals surface area contributed by atoms with Gasteiger partial charge in [-0.25, -0.2) is 10.6 Å². The SMILES string of the molecule is CC(C)(C)OC(=O)N[C@H](CO[Si](C)(C)C(C)(C)C)C(=O)C(=O)NN. The first kappa shape index (κ1) is 22.5. The van der Waals surface area contributed by atoms with Gasteiger partial charge in [0.25, 0.3) is 0 Å². The molecule has 0 aromatic rings. The molecule has 0 unspecified atom stereocenters. The molecular formula is C15H31N3O5Si. The van der Waals surface area contributed by atoms with E-state index >= 15 is 0 Å². The summed E-state index contributed by atoms with van der Waals surface area (Å²) in [6, 6.07) is -1.17. The van der Waals surface area contributed by atoms with E-state index in [1.807, 2.05) is 33.9 Å². The van der Waals surface area contributed by atoms with Crippen molar-refractivity contribution in [2.45, 2.75) is 71.3 Å². The summed E-state index contributed by atoms with van der Waals surface area (Å²) in [7, 11) is -2.16. The Morgan fingerprint density at radius 3 is 1.96 bits per heavy atom. The molecule has 8 nitrogen and oxygen atoms in total. The van der Waals surface area contributed by atoms with Gasteiger partial charge < -0.3 is 14.5 Å². The third kappa shape index (κ3) is 7.41. The van der Waals surface area contributed by atoms with Crippen molar-refractivity contribution in [1.29, 1.82) is 0 Å². The smallest absolute Gasteiger partial charge is 0.408 e. The predicted molar refractivity (Wildman–Crippen MR) is 93.6 cm³/mol. The van der Waals surface area contributed by atoms with Gasteiger partial charge in [-0.1, -0.05) is 20.8 Å². The van der Waals surface area contributed by atoms with Gasteiger partial charge in [0.2, 0.25) is 5.78 Å². The van der Waals surface area contributed by atoms with Gasteiger partial charge in [-0.3, -0.25) is 15.0 Å². The summed E-state index contributed by atoms with van der Waals surface area (Å²) in [6.45, 7) is 15.1. The van der Waals surface area contributed by atoms with Crippen LogP contribution >= 0.6 is 0 Å². The van der Waals surface area contributed by atoms with Crippen LogP contribution in [0, 0.1) is 0 Å². The number of amides is 2. The Bertz CT molecular complexity index is 480. The Morgan fingerprint density at radius 2 is 1.58 bits per heavy atom. The van der Waals surface area contributed by atoms with Gasteiger partial charge >= 0.3 is 12.0 Å². The third-order valence-electron chi connectivity index (χ3n) is 3.78. The van der Waals surface area contributed by atoms with Crippen molar-refractivity contribution >= 4 is 26.1 Å². The fourth-order valence-corrected chi connectivity index (χ4v) is 2.39. The Morgan fingerprint density at radius 1 is 1.08 bits per heavy atom. The molecule has 0 aromatic heterocycles. The lowest BCUT2D eigenvalue weighted by Crippen LogP contribution is -2.54. The molecule has 0 spiro atoms. The predicted octanol–water partition coefficient (Wildman–Crippen LogP) is 1.46. The van der Waals surface area contributed by atoms with Gasteiger partial charge in [0.05, 0.1) is 6.61 Å². The van der Waals surface area contributed by atoms with Crippen LogP contribution in [0.15, 0.2) is 0 Å². The molecule has 0 aliphatic carbocycles. The summed E-state index contributed by atoms with van der Waals surface area (Å²) in [5.41, 5.74) is 1.04. The molecule has 0 aliphatic rings. The number of Topliss-reactive ketones (excluding diaryl/α,β-unsaturated/α-hetero) is 1. The van der Waals surface area contributed by atoms with Crippen LogP contribution < -0.4 is 16.6 Å². The molecule has 0 radical (unpaired) electrons. The zero-order chi connectivity index (χ0) is 19.3. The summed E-state index contributed by atoms with van der Waals surface area (Å²) in [6.07, 6.45) is -0.801. The average molecular weight is 362 g/mol. The maximum absolute atomic E-state index is 12.1. The van der Waals surface area contributed by atoms with Crippen molar-refractivity contribution in [3.8, 4) is 0 Å². The summed E-state index contributed by atoms with van der Waals surface area (Å²) in [5.74, 6) is 3.11. The molecule has 0 saturated carbocycles. The standard InChI is InChI=1S/C15H31N3O5Si/c1-14(2,3)23-13(21)17-10(11(19)12(20)18-16)9-22-24(7,8)15(4,5)6/h10H,9,16H2,1-8H3,(H,17,21)(H,18,20)/t10-/m1/s1. The van der Waals surface area contributed by atoms with Gasteiger partial charge in [-0.15, -0.1) is 0 Å². The molecule has 9 heteroatoms. The zero-order valence-electron chi connectivity index (χ0n) is 15.9. The molecule has 2 amide bonds. The van der Waals surface area contributed by atoms with E-state index in [0.717, 1.165) is 0 Å². The van der Waals surface area contributed by atoms with Crippen molar-refractivity contribution in [3.05, 3.63) is 0 Å². The number of nitrogens with one attached hydrogen (secondary N) is 2. The molecule has 0 aromatic carbocycles. The lowest BCUT2D eigenvalue weighted by Gasteiger charge is -2.37. The normalized spacial score (nSPS) is 13.9. The van der Waals surface area contributed by atoms with Gasteiger partial charge in [-0.05, 0) is 38.9 Å². The first-order valence-electron chi connectivity index (χ1n) is 7.79. The number of ether oxygens (including phenoxy) is 1. The van der Waals surface area contributed by atoms with Crippen LogP contribution in [-0.2, 0) is 18.8 Å². The summed E-state index contributed by atoms with van der Waals surface area (Å²) in [5, 5.41) is 2.30. The van der Waals surface area contributed by atoms with E-state index in [4.69, 9.17) is 15.0 Å². The van der Waals surface area contributed by atoms with Crippen LogP contribution in [0.3, 0.4) is 0 Å². The minimum absolute atomic E-state index is 0.0807. The van der Waals surface area contributed by atoms with Crippen LogP contribution in [0.4, 0.5) is 4.79 Å². The van der Waals surface area contributed by atoms with Crippen LogP contribution in [-0.4, -0.2) is 44.4 Å². The van der Waals surface area contributed by atoms with Crippen molar-refractivity contribution in [3.63, 3.8) is 0 Å². The lowest BCUT2D eigenvalue weighted by atomic mass is 10.2. The number of alkyl carbamates (subject to hydrolysis) is 1. The van der Waals surface area contributed by atoms with Crippen LogP contribution in [0.1, 0.15) is 41.5 Å². The molecule has 0 rings (SSSR count). The molecule has 0 fully saturated rings. The second kappa shape index (κ2) is 8.08. The second-order valence-electron chi connectivity index (χ2n) is 8.11. The molecule has 0 aliphatic heterocycles. The van der Waals surface area contributed by atoms with E-state index < -0.39 is 37.7 Å². The number of carbonyl (C=O) groups is 3. The van der Waals surface area contributed by atoms with E-state index in [9.17, 15) is 14.4 Å². The van der Waals surface area contributed by atoms with Crippen LogP contribution in [0.5, 0.6) is 0 Å². The summed E-state index contributed by atoms with van der Waals surface area (Å²) < 4.78 is 11.1. The van der Waals surface area contributed by atoms with E-state index in [1.165, 1.54) is 0 Å². The Kier molecular flexibility index (Phi) is 7.59. The van der Waals surface area contributed by atoms with E-state index in [1.54, 1.807) is 26.2 Å². The molecule has 0 saturated heterocycles. The molecule has 1 atom stereocenters. The summed E-state index contributed by atoms with van der Waals surface area (Å²) >= 11 is 0. The number of hydrazine groups is 1. The number of hydrogen-bond donors (Lipinski definition) is 3. The molecular weight excluding hydrogens is 330 g/mol. The lowest BCUT2D eigenvalue weighted by molar-refractivity contribution is -0.139. The minimum Gasteiger partial charge on any atom is -0.444 e. The van der Waals surface area contributed by atoms with Crippen LogP contribution in [0.2, 0.25) is 18.1 Å². The Hall–Kier alpha value is -1.45. The topological polar surface area (TPSA) is 120 Å². The van der Waals surface area contributed by atoms with E-state index in [2.05, 4.69) is 5.32 Å².